The van der Waals surface area contributed by atoms with Gasteiger partial charge in [-0.05, 0) is 55.0 Å². The first kappa shape index (κ1) is 22.2. The predicted molar refractivity (Wildman–Crippen MR) is 108 cm³/mol. The third kappa shape index (κ3) is 5.79. The lowest BCUT2D eigenvalue weighted by Crippen LogP contribution is -2.45. The smallest absolute Gasteiger partial charge is 0.326 e. The lowest BCUT2D eigenvalue weighted by molar-refractivity contribution is -0.147. The van der Waals surface area contributed by atoms with Crippen molar-refractivity contribution < 1.29 is 33.4 Å². The number of nitrogens with zero attached hydrogens (tertiary/aromatic N) is 1. The molecular formula is C22H23FN2O6. The Hall–Kier alpha value is -3.46. The largest absolute Gasteiger partial charge is 0.480 e. The van der Waals surface area contributed by atoms with E-state index in [1.165, 1.54) is 48.4 Å². The van der Waals surface area contributed by atoms with E-state index in [-0.39, 0.29) is 24.8 Å². The van der Waals surface area contributed by atoms with E-state index in [0.29, 0.717) is 30.1 Å². The third-order valence-electron chi connectivity index (χ3n) is 4.96. The minimum atomic E-state index is -1.07. The van der Waals surface area contributed by atoms with Gasteiger partial charge in [0.25, 0.3) is 5.91 Å². The highest BCUT2D eigenvalue weighted by Crippen LogP contribution is 2.24. The van der Waals surface area contributed by atoms with Crippen LogP contribution < -0.4 is 10.1 Å². The quantitative estimate of drug-likeness (QED) is 0.666. The lowest BCUT2D eigenvalue weighted by Gasteiger charge is -2.21. The number of aliphatic carboxylic acids is 1. The first-order valence-corrected chi connectivity index (χ1v) is 9.70. The molecule has 0 aliphatic carbocycles. The van der Waals surface area contributed by atoms with Gasteiger partial charge in [-0.1, -0.05) is 0 Å². The number of nitrogens with one attached hydrogen (secondary N) is 1. The molecule has 31 heavy (non-hydrogen) atoms. The SMILES string of the molecule is COCC1C[C@@H](C(=O)O)N(C(=O)CNC(=O)c2ccc(Oc3ccc(F)cc3)cc2)C1. The lowest BCUT2D eigenvalue weighted by atomic mass is 10.1. The van der Waals surface area contributed by atoms with Crippen molar-refractivity contribution in [1.82, 2.24) is 10.2 Å². The van der Waals surface area contributed by atoms with E-state index in [1.54, 1.807) is 12.1 Å². The van der Waals surface area contributed by atoms with Crippen molar-refractivity contribution in [3.8, 4) is 11.5 Å². The molecule has 2 atom stereocenters. The summed E-state index contributed by atoms with van der Waals surface area (Å²) in [7, 11) is 1.52. The zero-order chi connectivity index (χ0) is 22.4. The maximum absolute atomic E-state index is 12.9. The first-order chi connectivity index (χ1) is 14.9. The van der Waals surface area contributed by atoms with Gasteiger partial charge in [0.05, 0.1) is 13.2 Å². The molecule has 1 unspecified atom stereocenters. The van der Waals surface area contributed by atoms with Crippen molar-refractivity contribution in [3.63, 3.8) is 0 Å². The van der Waals surface area contributed by atoms with Crippen LogP contribution in [0.2, 0.25) is 0 Å². The first-order valence-electron chi connectivity index (χ1n) is 9.70. The van der Waals surface area contributed by atoms with E-state index in [4.69, 9.17) is 9.47 Å². The van der Waals surface area contributed by atoms with E-state index < -0.39 is 23.8 Å². The van der Waals surface area contributed by atoms with Gasteiger partial charge in [-0.25, -0.2) is 9.18 Å². The number of carbonyl (C=O) groups excluding carboxylic acids is 2. The summed E-state index contributed by atoms with van der Waals surface area (Å²) in [4.78, 5) is 37.6. The Balaban J connectivity index is 1.54. The highest BCUT2D eigenvalue weighted by molar-refractivity contribution is 5.97. The molecule has 1 saturated heterocycles. The second-order valence-electron chi connectivity index (χ2n) is 7.22. The second kappa shape index (κ2) is 10.0. The summed E-state index contributed by atoms with van der Waals surface area (Å²) in [5.74, 6) is -1.52. The number of hydrogen-bond donors (Lipinski definition) is 2. The van der Waals surface area contributed by atoms with Crippen LogP contribution in [-0.4, -0.2) is 60.6 Å². The number of rotatable bonds is 8. The van der Waals surface area contributed by atoms with Gasteiger partial charge in [0, 0.05) is 25.1 Å². The van der Waals surface area contributed by atoms with Crippen LogP contribution in [0.1, 0.15) is 16.8 Å². The van der Waals surface area contributed by atoms with Crippen LogP contribution in [0.25, 0.3) is 0 Å². The molecule has 1 heterocycles. The Bertz CT molecular complexity index is 932. The molecule has 2 amide bonds. The molecule has 0 saturated carbocycles. The molecule has 1 aliphatic heterocycles. The average molecular weight is 430 g/mol. The monoisotopic (exact) mass is 430 g/mol. The van der Waals surface area contributed by atoms with E-state index in [1.807, 2.05) is 0 Å². The maximum atomic E-state index is 12.9. The fourth-order valence-corrected chi connectivity index (χ4v) is 3.46. The minimum absolute atomic E-state index is 0.0561. The third-order valence-corrected chi connectivity index (χ3v) is 4.96. The summed E-state index contributed by atoms with van der Waals surface area (Å²) < 4.78 is 23.6. The summed E-state index contributed by atoms with van der Waals surface area (Å²) in [6, 6.07) is 10.8. The fourth-order valence-electron chi connectivity index (χ4n) is 3.46. The molecule has 9 heteroatoms. The molecule has 0 bridgehead atoms. The van der Waals surface area contributed by atoms with Crippen molar-refractivity contribution in [3.05, 3.63) is 59.9 Å². The standard InChI is InChI=1S/C22H23FN2O6/c1-30-13-14-10-19(22(28)29)25(12-14)20(26)11-24-21(27)15-2-6-17(7-3-15)31-18-8-4-16(23)5-9-18/h2-9,14,19H,10-13H2,1H3,(H,24,27)(H,28,29)/t14?,19-/m0/s1. The summed E-state index contributed by atoms with van der Waals surface area (Å²) in [5, 5.41) is 11.9. The van der Waals surface area contributed by atoms with Crippen LogP contribution in [0.4, 0.5) is 4.39 Å². The highest BCUT2D eigenvalue weighted by Gasteiger charge is 2.39. The number of carboxylic acids is 1. The summed E-state index contributed by atoms with van der Waals surface area (Å²) in [6.07, 6.45) is 0.318. The van der Waals surface area contributed by atoms with Crippen LogP contribution in [0.3, 0.4) is 0 Å². The Kier molecular flexibility index (Phi) is 7.19. The van der Waals surface area contributed by atoms with Gasteiger partial charge in [-0.2, -0.15) is 0 Å². The molecule has 0 spiro atoms. The molecular weight excluding hydrogens is 407 g/mol. The van der Waals surface area contributed by atoms with Crippen molar-refractivity contribution in [2.45, 2.75) is 12.5 Å². The topological polar surface area (TPSA) is 105 Å². The van der Waals surface area contributed by atoms with E-state index in [0.717, 1.165) is 0 Å². The number of amides is 2. The number of ether oxygens (including phenoxy) is 2. The van der Waals surface area contributed by atoms with Gasteiger partial charge < -0.3 is 24.8 Å². The number of hydrogen-bond acceptors (Lipinski definition) is 5. The molecule has 2 N–H and O–H groups in total. The van der Waals surface area contributed by atoms with Crippen molar-refractivity contribution in [2.24, 2.45) is 5.92 Å². The Morgan fingerprint density at radius 2 is 1.71 bits per heavy atom. The van der Waals surface area contributed by atoms with Gasteiger partial charge in [0.15, 0.2) is 0 Å². The van der Waals surface area contributed by atoms with Crippen molar-refractivity contribution in [2.75, 3.05) is 26.8 Å². The van der Waals surface area contributed by atoms with E-state index >= 15 is 0 Å². The van der Waals surface area contributed by atoms with Crippen LogP contribution in [0.15, 0.2) is 48.5 Å². The molecule has 1 aliphatic rings. The van der Waals surface area contributed by atoms with Gasteiger partial charge >= 0.3 is 5.97 Å². The van der Waals surface area contributed by atoms with Crippen LogP contribution >= 0.6 is 0 Å². The summed E-state index contributed by atoms with van der Waals surface area (Å²) in [5.41, 5.74) is 0.313. The van der Waals surface area contributed by atoms with Crippen LogP contribution in [0.5, 0.6) is 11.5 Å². The van der Waals surface area contributed by atoms with Crippen molar-refractivity contribution >= 4 is 17.8 Å². The Labute approximate surface area is 178 Å². The van der Waals surface area contributed by atoms with Crippen LogP contribution in [0, 0.1) is 11.7 Å². The number of methoxy groups -OCH3 is 1. The molecule has 8 nitrogen and oxygen atoms in total. The Morgan fingerprint density at radius 3 is 2.29 bits per heavy atom. The molecule has 0 aromatic heterocycles. The second-order valence-corrected chi connectivity index (χ2v) is 7.22. The summed E-state index contributed by atoms with van der Waals surface area (Å²) in [6.45, 7) is 0.331. The van der Waals surface area contributed by atoms with E-state index in [2.05, 4.69) is 5.32 Å². The number of carboxylic acid groups (broad SMARTS) is 1. The average Bonchev–Trinajstić information content (AvgIpc) is 3.19. The summed E-state index contributed by atoms with van der Waals surface area (Å²) >= 11 is 0. The van der Waals surface area contributed by atoms with Gasteiger partial charge in [0.2, 0.25) is 5.91 Å². The fraction of sp³-hybridized carbons (Fsp3) is 0.318. The normalized spacial score (nSPS) is 17.9. The van der Waals surface area contributed by atoms with Gasteiger partial charge in [0.1, 0.15) is 23.4 Å². The van der Waals surface area contributed by atoms with Crippen molar-refractivity contribution in [1.29, 1.82) is 0 Å². The molecule has 2 aromatic carbocycles. The molecule has 3 rings (SSSR count). The number of likely N-dealkylation sites (tertiary alicyclic amines) is 1. The predicted octanol–water partition coefficient (Wildman–Crippen LogP) is 2.30. The maximum Gasteiger partial charge on any atom is 0.326 e. The molecule has 0 radical (unpaired) electrons. The van der Waals surface area contributed by atoms with Gasteiger partial charge in [-0.15, -0.1) is 0 Å². The molecule has 164 valence electrons. The number of halogens is 1. The van der Waals surface area contributed by atoms with E-state index in [9.17, 15) is 23.9 Å². The van der Waals surface area contributed by atoms with Gasteiger partial charge in [-0.3, -0.25) is 9.59 Å². The number of carbonyl (C=O) groups is 3. The minimum Gasteiger partial charge on any atom is -0.480 e. The van der Waals surface area contributed by atoms with Crippen LogP contribution in [-0.2, 0) is 14.3 Å². The Morgan fingerprint density at radius 1 is 1.10 bits per heavy atom. The molecule has 1 fully saturated rings. The molecule has 2 aromatic rings. The highest BCUT2D eigenvalue weighted by atomic mass is 19.1. The number of benzene rings is 2. The zero-order valence-corrected chi connectivity index (χ0v) is 16.9. The zero-order valence-electron chi connectivity index (χ0n) is 16.9.